The van der Waals surface area contributed by atoms with Crippen molar-refractivity contribution in [1.29, 1.82) is 0 Å². The average molecular weight is 156 g/mol. The summed E-state index contributed by atoms with van der Waals surface area (Å²) in [6, 6.07) is 0.792. The van der Waals surface area contributed by atoms with Crippen LogP contribution >= 0.6 is 0 Å². The fourth-order valence-corrected chi connectivity index (χ4v) is 1.99. The summed E-state index contributed by atoms with van der Waals surface area (Å²) in [4.78, 5) is 1.58. The van der Waals surface area contributed by atoms with Crippen LogP contribution in [0.25, 0.3) is 0 Å². The van der Waals surface area contributed by atoms with Crippen LogP contribution in [0.5, 0.6) is 0 Å². The van der Waals surface area contributed by atoms with E-state index in [1.54, 1.807) is 4.90 Å². The van der Waals surface area contributed by atoms with Crippen molar-refractivity contribution in [1.82, 2.24) is 0 Å². The highest BCUT2D eigenvalue weighted by molar-refractivity contribution is 5.65. The Bertz CT molecular complexity index is 172. The van der Waals surface area contributed by atoms with E-state index in [9.17, 15) is 0 Å². The molecule has 64 valence electrons. The molecule has 1 N–H and O–H groups in total. The summed E-state index contributed by atoms with van der Waals surface area (Å²) >= 11 is 0. The molecule has 2 nitrogen and oxygen atoms in total. The van der Waals surface area contributed by atoms with Crippen molar-refractivity contribution in [3.63, 3.8) is 0 Å². The summed E-state index contributed by atoms with van der Waals surface area (Å²) in [5.41, 5.74) is 0. The monoisotopic (exact) mass is 156 g/mol. The van der Waals surface area contributed by atoms with E-state index in [1.807, 2.05) is 0 Å². The van der Waals surface area contributed by atoms with Crippen LogP contribution in [0, 0.1) is 0 Å². The summed E-state index contributed by atoms with van der Waals surface area (Å²) < 4.78 is 2.52. The zero-order valence-corrected chi connectivity index (χ0v) is 8.15. The first-order valence-electron chi connectivity index (χ1n) is 4.63. The second-order valence-electron chi connectivity index (χ2n) is 3.42. The number of nitrogens with one attached hydrogen (secondary N) is 1. The van der Waals surface area contributed by atoms with Gasteiger partial charge in [-0.1, -0.05) is 6.92 Å². The molecule has 0 amide bonds. The minimum absolute atomic E-state index is 0.792. The lowest BCUT2D eigenvalue weighted by molar-refractivity contribution is -0.779. The summed E-state index contributed by atoms with van der Waals surface area (Å²) in [6.45, 7) is 9.22. The van der Waals surface area contributed by atoms with E-state index in [1.165, 1.54) is 25.3 Å². The van der Waals surface area contributed by atoms with Crippen LogP contribution in [0.15, 0.2) is 0 Å². The fourth-order valence-electron chi connectivity index (χ4n) is 1.99. The zero-order chi connectivity index (χ0) is 8.43. The Hall–Kier alpha value is -0.370. The average Bonchev–Trinajstić information content (AvgIpc) is 2.28. The summed E-state index contributed by atoms with van der Waals surface area (Å²) in [7, 11) is 2.26. The normalized spacial score (nSPS) is 31.6. The Morgan fingerprint density at radius 2 is 2.18 bits per heavy atom. The van der Waals surface area contributed by atoms with Crippen molar-refractivity contribution in [2.24, 2.45) is 0 Å². The molecule has 0 bridgehead atoms. The van der Waals surface area contributed by atoms with E-state index in [0.29, 0.717) is 0 Å². The molecule has 0 aromatic rings. The van der Waals surface area contributed by atoms with Gasteiger partial charge in [-0.25, -0.2) is 4.90 Å². The van der Waals surface area contributed by atoms with Crippen LogP contribution < -0.4 is 4.90 Å². The molecule has 11 heavy (non-hydrogen) atoms. The molecule has 1 aliphatic rings. The van der Waals surface area contributed by atoms with Crippen LogP contribution in [-0.2, 0) is 0 Å². The molecular weight excluding hydrogens is 136 g/mol. The Morgan fingerprint density at radius 1 is 1.55 bits per heavy atom. The van der Waals surface area contributed by atoms with Crippen molar-refractivity contribution < 1.29 is 9.48 Å². The molecule has 0 saturated heterocycles. The number of quaternary nitrogens is 1. The second-order valence-corrected chi connectivity index (χ2v) is 3.42. The van der Waals surface area contributed by atoms with Crippen LogP contribution in [-0.4, -0.2) is 36.6 Å². The van der Waals surface area contributed by atoms with Gasteiger partial charge < -0.3 is 0 Å². The number of amidine groups is 1. The Labute approximate surface area is 69.5 Å². The quantitative estimate of drug-likeness (QED) is 0.527. The fraction of sp³-hybridized carbons (Fsp3) is 0.889. The Kier molecular flexibility index (Phi) is 2.66. The number of rotatable bonds is 2. The molecule has 1 rings (SSSR count). The third-order valence-electron chi connectivity index (χ3n) is 2.84. The SMILES string of the molecule is CCC1C[NH+](C)C(C)=[N+]1CC. The third kappa shape index (κ3) is 1.45. The standard InChI is InChI=1S/C9H19N2/c1-5-9-7-10(4)8(3)11(9)6-2/h9H,5-7H2,1-4H3/q+1/p+1. The third-order valence-corrected chi connectivity index (χ3v) is 2.84. The summed E-state index contributed by atoms with van der Waals surface area (Å²) in [5.74, 6) is 1.51. The Balaban J connectivity index is 2.77. The van der Waals surface area contributed by atoms with Gasteiger partial charge in [0.15, 0.2) is 0 Å². The van der Waals surface area contributed by atoms with Crippen LogP contribution in [0.3, 0.4) is 0 Å². The van der Waals surface area contributed by atoms with E-state index in [2.05, 4.69) is 32.4 Å². The smallest absolute Gasteiger partial charge is 0.248 e. The molecule has 0 fully saturated rings. The van der Waals surface area contributed by atoms with Gasteiger partial charge in [0, 0.05) is 6.42 Å². The highest BCUT2D eigenvalue weighted by Gasteiger charge is 2.35. The number of nitrogens with zero attached hydrogens (tertiary/aromatic N) is 1. The molecular formula is C9H20N2+2. The van der Waals surface area contributed by atoms with Crippen LogP contribution in [0.1, 0.15) is 27.2 Å². The molecule has 0 saturated carbocycles. The molecule has 2 heteroatoms. The lowest BCUT2D eigenvalue weighted by atomic mass is 10.2. The lowest BCUT2D eigenvalue weighted by Gasteiger charge is -2.01. The van der Waals surface area contributed by atoms with Gasteiger partial charge in [0.1, 0.15) is 13.1 Å². The molecule has 2 unspecified atom stereocenters. The van der Waals surface area contributed by atoms with E-state index in [0.717, 1.165) is 6.04 Å². The number of hydrogen-bond acceptors (Lipinski definition) is 0. The van der Waals surface area contributed by atoms with Gasteiger partial charge >= 0.3 is 5.84 Å². The molecule has 0 spiro atoms. The van der Waals surface area contributed by atoms with Crippen LogP contribution in [0.4, 0.5) is 0 Å². The van der Waals surface area contributed by atoms with E-state index >= 15 is 0 Å². The molecule has 0 aromatic heterocycles. The van der Waals surface area contributed by atoms with Gasteiger partial charge in [-0.15, -0.1) is 0 Å². The highest BCUT2D eigenvalue weighted by atomic mass is 15.3. The first kappa shape index (κ1) is 8.72. The van der Waals surface area contributed by atoms with Gasteiger partial charge in [-0.2, -0.15) is 4.58 Å². The number of hydrogen-bond donors (Lipinski definition) is 1. The second kappa shape index (κ2) is 3.35. The van der Waals surface area contributed by atoms with Gasteiger partial charge in [0.2, 0.25) is 6.04 Å². The largest absolute Gasteiger partial charge is 0.333 e. The summed E-state index contributed by atoms with van der Waals surface area (Å²) in [6.07, 6.45) is 1.28. The lowest BCUT2D eigenvalue weighted by Crippen LogP contribution is -3.10. The minimum atomic E-state index is 0.792. The summed E-state index contributed by atoms with van der Waals surface area (Å²) in [5, 5.41) is 0. The van der Waals surface area contributed by atoms with Gasteiger partial charge in [0.05, 0.1) is 14.0 Å². The maximum Gasteiger partial charge on any atom is 0.333 e. The van der Waals surface area contributed by atoms with E-state index < -0.39 is 0 Å². The van der Waals surface area contributed by atoms with E-state index in [-0.39, 0.29) is 0 Å². The molecule has 2 atom stereocenters. The van der Waals surface area contributed by atoms with Gasteiger partial charge in [-0.05, 0) is 6.92 Å². The first-order valence-corrected chi connectivity index (χ1v) is 4.63. The Morgan fingerprint density at radius 3 is 2.55 bits per heavy atom. The maximum atomic E-state index is 2.52. The molecule has 1 heterocycles. The molecule has 0 aromatic carbocycles. The predicted molar refractivity (Wildman–Crippen MR) is 47.3 cm³/mol. The van der Waals surface area contributed by atoms with Gasteiger partial charge in [-0.3, -0.25) is 0 Å². The van der Waals surface area contributed by atoms with Crippen LogP contribution in [0.2, 0.25) is 0 Å². The highest BCUT2D eigenvalue weighted by Crippen LogP contribution is 1.98. The van der Waals surface area contributed by atoms with Crippen molar-refractivity contribution in [3.05, 3.63) is 0 Å². The molecule has 1 aliphatic heterocycles. The predicted octanol–water partition coefficient (Wildman–Crippen LogP) is -0.256. The van der Waals surface area contributed by atoms with Crippen molar-refractivity contribution in [2.75, 3.05) is 20.1 Å². The topological polar surface area (TPSA) is 7.45 Å². The van der Waals surface area contributed by atoms with Crippen molar-refractivity contribution >= 4 is 5.84 Å². The molecule has 0 radical (unpaired) electrons. The van der Waals surface area contributed by atoms with E-state index in [4.69, 9.17) is 0 Å². The minimum Gasteiger partial charge on any atom is -0.248 e. The number of likely N-dealkylation sites (N-methyl/N-ethyl adjacent to an activating group) is 2. The van der Waals surface area contributed by atoms with Gasteiger partial charge in [0.25, 0.3) is 0 Å². The maximum absolute atomic E-state index is 2.52. The zero-order valence-electron chi connectivity index (χ0n) is 8.15. The van der Waals surface area contributed by atoms with Crippen molar-refractivity contribution in [2.45, 2.75) is 33.2 Å². The first-order chi connectivity index (χ1) is 5.20. The molecule has 0 aliphatic carbocycles. The van der Waals surface area contributed by atoms with Crippen molar-refractivity contribution in [3.8, 4) is 0 Å².